The Kier molecular flexibility index (Phi) is 4.96. The normalized spacial score (nSPS) is 12.2. The number of aromatic nitrogens is 2. The quantitative estimate of drug-likeness (QED) is 0.543. The summed E-state index contributed by atoms with van der Waals surface area (Å²) in [6, 6.07) is 13.9. The molecule has 0 aliphatic heterocycles. The zero-order chi connectivity index (χ0) is 18.7. The predicted octanol–water partition coefficient (Wildman–Crippen LogP) is 2.05. The molecule has 0 saturated heterocycles. The Balaban J connectivity index is 1.84. The van der Waals surface area contributed by atoms with Crippen LogP contribution in [0.15, 0.2) is 64.6 Å². The third kappa shape index (κ3) is 4.03. The molecule has 2 aromatic carbocycles. The van der Waals surface area contributed by atoms with Gasteiger partial charge in [0.25, 0.3) is 5.91 Å². The molecule has 0 aliphatic rings. The number of rotatable bonds is 4. The van der Waals surface area contributed by atoms with Crippen molar-refractivity contribution in [2.75, 3.05) is 0 Å². The van der Waals surface area contributed by atoms with Gasteiger partial charge in [-0.15, -0.1) is 8.99 Å². The molecule has 0 bridgehead atoms. The number of halogens is 1. The number of nitrogens with one attached hydrogen (secondary N) is 1. The fourth-order valence-electron chi connectivity index (χ4n) is 2.08. The first kappa shape index (κ1) is 18.0. The van der Waals surface area contributed by atoms with E-state index in [1.165, 1.54) is 40.3 Å². The SMILES string of the molecule is Cn1nc(-c2ccc(S(=O)(=O)F)cc2)sc1=NNC(=O)c1ccccc1. The Morgan fingerprint density at radius 2 is 1.81 bits per heavy atom. The van der Waals surface area contributed by atoms with E-state index in [1.54, 1.807) is 31.3 Å². The topological polar surface area (TPSA) is 93.4 Å². The van der Waals surface area contributed by atoms with Crippen molar-refractivity contribution in [2.24, 2.45) is 12.1 Å². The Labute approximate surface area is 152 Å². The fraction of sp³-hybridized carbons (Fsp3) is 0.0625. The van der Waals surface area contributed by atoms with Crippen LogP contribution in [0.4, 0.5) is 3.89 Å². The molecule has 0 aliphatic carbocycles. The van der Waals surface area contributed by atoms with Crippen LogP contribution in [0.3, 0.4) is 0 Å². The summed E-state index contributed by atoms with van der Waals surface area (Å²) >= 11 is 1.19. The highest BCUT2D eigenvalue weighted by molar-refractivity contribution is 7.86. The van der Waals surface area contributed by atoms with Gasteiger partial charge in [-0.1, -0.05) is 41.7 Å². The maximum absolute atomic E-state index is 12.9. The minimum Gasteiger partial charge on any atom is -0.267 e. The van der Waals surface area contributed by atoms with Crippen molar-refractivity contribution in [1.29, 1.82) is 0 Å². The van der Waals surface area contributed by atoms with Crippen LogP contribution < -0.4 is 10.2 Å². The highest BCUT2D eigenvalue weighted by Gasteiger charge is 2.13. The summed E-state index contributed by atoms with van der Waals surface area (Å²) in [6.45, 7) is 0. The molecule has 0 saturated carbocycles. The number of hydrogen-bond donors (Lipinski definition) is 1. The van der Waals surface area contributed by atoms with Gasteiger partial charge in [0.1, 0.15) is 5.01 Å². The summed E-state index contributed by atoms with van der Waals surface area (Å²) in [5.41, 5.74) is 3.54. The smallest absolute Gasteiger partial charge is 0.267 e. The van der Waals surface area contributed by atoms with Crippen LogP contribution in [0.1, 0.15) is 10.4 Å². The first-order valence-electron chi connectivity index (χ1n) is 7.33. The van der Waals surface area contributed by atoms with Crippen LogP contribution in [0, 0.1) is 0 Å². The summed E-state index contributed by atoms with van der Waals surface area (Å²) in [5.74, 6) is -0.349. The third-order valence-corrected chi connectivity index (χ3v) is 5.26. The van der Waals surface area contributed by atoms with Crippen molar-refractivity contribution in [3.8, 4) is 10.6 Å². The van der Waals surface area contributed by atoms with E-state index in [-0.39, 0.29) is 5.91 Å². The lowest BCUT2D eigenvalue weighted by Crippen LogP contribution is -2.23. The lowest BCUT2D eigenvalue weighted by atomic mass is 10.2. The van der Waals surface area contributed by atoms with E-state index in [0.29, 0.717) is 20.9 Å². The Hall–Kier alpha value is -2.85. The number of nitrogens with zero attached hydrogens (tertiary/aromatic N) is 3. The van der Waals surface area contributed by atoms with E-state index in [9.17, 15) is 17.1 Å². The number of hydrogen-bond acceptors (Lipinski definition) is 6. The van der Waals surface area contributed by atoms with Crippen LogP contribution in [0.2, 0.25) is 0 Å². The number of carbonyl (C=O) groups excluding carboxylic acids is 1. The molecule has 1 N–H and O–H groups in total. The molecule has 3 rings (SSSR count). The van der Waals surface area contributed by atoms with Gasteiger partial charge in [-0.25, -0.2) is 10.1 Å². The van der Waals surface area contributed by atoms with E-state index in [1.807, 2.05) is 6.07 Å². The summed E-state index contributed by atoms with van der Waals surface area (Å²) in [6.07, 6.45) is 0. The van der Waals surface area contributed by atoms with E-state index >= 15 is 0 Å². The lowest BCUT2D eigenvalue weighted by Gasteiger charge is -1.97. The highest BCUT2D eigenvalue weighted by atomic mass is 32.3. The lowest BCUT2D eigenvalue weighted by molar-refractivity contribution is 0.0953. The molecule has 0 radical (unpaired) electrons. The minimum atomic E-state index is -4.74. The molecule has 0 unspecified atom stereocenters. The fourth-order valence-corrected chi connectivity index (χ4v) is 3.39. The minimum absolute atomic E-state index is 0.349. The summed E-state index contributed by atoms with van der Waals surface area (Å²) in [7, 11) is -3.08. The standard InChI is InChI=1S/C16H13FN4O3S2/c1-21-16(19-18-14(22)11-5-3-2-4-6-11)25-15(20-21)12-7-9-13(10-8-12)26(17,23)24/h2-10H,1H3,(H,18,22). The Morgan fingerprint density at radius 3 is 2.42 bits per heavy atom. The average molecular weight is 392 g/mol. The first-order valence-corrected chi connectivity index (χ1v) is 9.53. The van der Waals surface area contributed by atoms with Crippen LogP contribution in [0.5, 0.6) is 0 Å². The largest absolute Gasteiger partial charge is 0.332 e. The second-order valence-corrected chi connectivity index (χ2v) is 7.50. The molecule has 10 heteroatoms. The number of benzene rings is 2. The molecule has 26 heavy (non-hydrogen) atoms. The molecule has 0 spiro atoms. The zero-order valence-electron chi connectivity index (χ0n) is 13.5. The maximum atomic E-state index is 12.9. The predicted molar refractivity (Wildman–Crippen MR) is 94.3 cm³/mol. The summed E-state index contributed by atoms with van der Waals surface area (Å²) < 4.78 is 36.1. The van der Waals surface area contributed by atoms with E-state index in [4.69, 9.17) is 0 Å². The van der Waals surface area contributed by atoms with Gasteiger partial charge in [-0.2, -0.15) is 13.5 Å². The molecule has 0 fully saturated rings. The van der Waals surface area contributed by atoms with Gasteiger partial charge in [0.05, 0.1) is 4.90 Å². The summed E-state index contributed by atoms with van der Waals surface area (Å²) in [4.78, 5) is 12.0. The van der Waals surface area contributed by atoms with Gasteiger partial charge < -0.3 is 0 Å². The Bertz CT molecular complexity index is 1100. The molecular weight excluding hydrogens is 379 g/mol. The van der Waals surface area contributed by atoms with E-state index in [2.05, 4.69) is 15.6 Å². The van der Waals surface area contributed by atoms with Gasteiger partial charge in [-0.3, -0.25) is 4.79 Å². The van der Waals surface area contributed by atoms with Crippen molar-refractivity contribution in [1.82, 2.24) is 15.2 Å². The molecule has 7 nitrogen and oxygen atoms in total. The molecule has 0 atom stereocenters. The van der Waals surface area contributed by atoms with Crippen molar-refractivity contribution in [2.45, 2.75) is 4.90 Å². The summed E-state index contributed by atoms with van der Waals surface area (Å²) in [5, 5.41) is 8.86. The van der Waals surface area contributed by atoms with Crippen LogP contribution in [-0.4, -0.2) is 24.1 Å². The van der Waals surface area contributed by atoms with Crippen molar-refractivity contribution < 1.29 is 17.1 Å². The molecular formula is C16H13FN4O3S2. The van der Waals surface area contributed by atoms with Gasteiger partial charge in [0, 0.05) is 18.2 Å². The monoisotopic (exact) mass is 392 g/mol. The molecule has 1 heterocycles. The van der Waals surface area contributed by atoms with Crippen LogP contribution >= 0.6 is 11.3 Å². The molecule has 134 valence electrons. The second-order valence-electron chi connectivity index (χ2n) is 5.19. The van der Waals surface area contributed by atoms with Crippen molar-refractivity contribution in [3.05, 3.63) is 65.0 Å². The molecule has 3 aromatic rings. The third-order valence-electron chi connectivity index (χ3n) is 3.38. The molecule has 1 amide bonds. The van der Waals surface area contributed by atoms with Gasteiger partial charge in [0.2, 0.25) is 4.80 Å². The van der Waals surface area contributed by atoms with Crippen molar-refractivity contribution >= 4 is 27.5 Å². The average Bonchev–Trinajstić information content (AvgIpc) is 3.00. The van der Waals surface area contributed by atoms with Crippen LogP contribution in [-0.2, 0) is 17.3 Å². The number of carbonyl (C=O) groups is 1. The van der Waals surface area contributed by atoms with Gasteiger partial charge in [0.15, 0.2) is 0 Å². The molecule has 1 aromatic heterocycles. The van der Waals surface area contributed by atoms with Crippen LogP contribution in [0.25, 0.3) is 10.6 Å². The maximum Gasteiger partial charge on any atom is 0.332 e. The van der Waals surface area contributed by atoms with E-state index in [0.717, 1.165) is 0 Å². The van der Waals surface area contributed by atoms with Gasteiger partial charge in [-0.05, 0) is 24.3 Å². The number of aryl methyl sites for hydroxylation is 1. The van der Waals surface area contributed by atoms with Crippen molar-refractivity contribution in [3.63, 3.8) is 0 Å². The van der Waals surface area contributed by atoms with Gasteiger partial charge >= 0.3 is 10.2 Å². The second kappa shape index (κ2) is 7.18. The highest BCUT2D eigenvalue weighted by Crippen LogP contribution is 2.22. The number of amides is 1. The zero-order valence-corrected chi connectivity index (χ0v) is 15.1. The first-order chi connectivity index (χ1) is 12.3. The Morgan fingerprint density at radius 1 is 1.15 bits per heavy atom. The van der Waals surface area contributed by atoms with E-state index < -0.39 is 15.1 Å².